The maximum atomic E-state index is 12.4. The Hall–Kier alpha value is -2.87. The number of fused-ring (bicyclic) bond motifs is 1. The molecule has 2 aromatic rings. The van der Waals surface area contributed by atoms with Crippen molar-refractivity contribution in [2.75, 3.05) is 40.9 Å². The Kier molecular flexibility index (Phi) is 6.12. The summed E-state index contributed by atoms with van der Waals surface area (Å²) in [6.07, 6.45) is 8.59. The molecule has 4 N–H and O–H groups in total. The van der Waals surface area contributed by atoms with Crippen molar-refractivity contribution < 1.29 is 4.79 Å². The number of anilines is 4. The van der Waals surface area contributed by atoms with Crippen molar-refractivity contribution in [2.45, 2.75) is 64.1 Å². The number of amides is 1. The minimum absolute atomic E-state index is 0.0889. The van der Waals surface area contributed by atoms with Crippen molar-refractivity contribution in [3.63, 3.8) is 0 Å². The lowest BCUT2D eigenvalue weighted by Crippen LogP contribution is -2.39. The number of benzene rings is 1. The van der Waals surface area contributed by atoms with Gasteiger partial charge in [0.25, 0.3) is 0 Å². The number of nitrogens with zero attached hydrogens (tertiary/aromatic N) is 4. The van der Waals surface area contributed by atoms with Crippen molar-refractivity contribution in [3.05, 3.63) is 35.4 Å². The van der Waals surface area contributed by atoms with Crippen LogP contribution in [0, 0.1) is 0 Å². The van der Waals surface area contributed by atoms with Gasteiger partial charge in [-0.15, -0.1) is 0 Å². The van der Waals surface area contributed by atoms with Crippen LogP contribution in [0.25, 0.3) is 0 Å². The van der Waals surface area contributed by atoms with Gasteiger partial charge < -0.3 is 21.3 Å². The second-order valence-corrected chi connectivity index (χ2v) is 9.32. The Morgan fingerprint density at radius 3 is 2.56 bits per heavy atom. The SMILES string of the molecule is Nc1nc(NC2CCCCC2)nc2c1NC(=O)CN2Cc1cccc(CN2CCCC2)c1. The first-order chi connectivity index (χ1) is 15.6. The molecule has 1 saturated carbocycles. The predicted octanol–water partition coefficient (Wildman–Crippen LogP) is 3.36. The highest BCUT2D eigenvalue weighted by molar-refractivity contribution is 6.03. The van der Waals surface area contributed by atoms with Gasteiger partial charge in [-0.25, -0.2) is 0 Å². The van der Waals surface area contributed by atoms with Crippen molar-refractivity contribution in [2.24, 2.45) is 0 Å². The molecule has 0 spiro atoms. The van der Waals surface area contributed by atoms with E-state index in [4.69, 9.17) is 10.7 Å². The van der Waals surface area contributed by atoms with Gasteiger partial charge in [0.1, 0.15) is 5.69 Å². The number of nitrogens with two attached hydrogens (primary N) is 1. The highest BCUT2D eigenvalue weighted by Gasteiger charge is 2.28. The van der Waals surface area contributed by atoms with Gasteiger partial charge in [0.15, 0.2) is 11.6 Å². The average molecular weight is 436 g/mol. The first-order valence-electron chi connectivity index (χ1n) is 11.9. The lowest BCUT2D eigenvalue weighted by molar-refractivity contribution is -0.115. The molecule has 32 heavy (non-hydrogen) atoms. The molecule has 3 aliphatic rings. The third-order valence-electron chi connectivity index (χ3n) is 6.72. The number of nitrogens with one attached hydrogen (secondary N) is 2. The summed E-state index contributed by atoms with van der Waals surface area (Å²) in [4.78, 5) is 26.1. The highest BCUT2D eigenvalue weighted by Crippen LogP contribution is 2.34. The molecule has 1 aromatic carbocycles. The van der Waals surface area contributed by atoms with Crippen LogP contribution in [0.3, 0.4) is 0 Å². The van der Waals surface area contributed by atoms with Crippen LogP contribution in [-0.2, 0) is 17.9 Å². The lowest BCUT2D eigenvalue weighted by Gasteiger charge is -2.31. The standard InChI is InChI=1S/C24H33N7O/c25-22-21-23(29-24(28-22)26-19-9-2-1-3-10-19)31(16-20(32)27-21)15-18-8-6-7-17(13-18)14-30-11-4-5-12-30/h6-8,13,19H,1-5,9-12,14-16H2,(H,27,32)(H3,25,26,28,29). The van der Waals surface area contributed by atoms with Gasteiger partial charge in [0.05, 0.1) is 6.54 Å². The fourth-order valence-electron chi connectivity index (χ4n) is 5.11. The molecule has 8 nitrogen and oxygen atoms in total. The van der Waals surface area contributed by atoms with Crippen LogP contribution < -0.4 is 21.3 Å². The van der Waals surface area contributed by atoms with E-state index in [9.17, 15) is 4.79 Å². The van der Waals surface area contributed by atoms with E-state index in [1.807, 2.05) is 4.90 Å². The Morgan fingerprint density at radius 2 is 1.78 bits per heavy atom. The summed E-state index contributed by atoms with van der Waals surface area (Å²) < 4.78 is 0. The fourth-order valence-corrected chi connectivity index (χ4v) is 5.11. The van der Waals surface area contributed by atoms with Gasteiger partial charge in [-0.3, -0.25) is 9.69 Å². The van der Waals surface area contributed by atoms with Gasteiger partial charge in [-0.05, 0) is 49.9 Å². The summed E-state index contributed by atoms with van der Waals surface area (Å²) in [6.45, 7) is 4.19. The Labute approximate surface area is 189 Å². The van der Waals surface area contributed by atoms with E-state index in [1.165, 1.54) is 56.3 Å². The zero-order valence-corrected chi connectivity index (χ0v) is 18.6. The largest absolute Gasteiger partial charge is 0.382 e. The van der Waals surface area contributed by atoms with Gasteiger partial charge in [-0.2, -0.15) is 9.97 Å². The molecule has 170 valence electrons. The normalized spacial score (nSPS) is 19.6. The van der Waals surface area contributed by atoms with E-state index >= 15 is 0 Å². The summed E-state index contributed by atoms with van der Waals surface area (Å²) in [7, 11) is 0. The first-order valence-corrected chi connectivity index (χ1v) is 11.9. The summed E-state index contributed by atoms with van der Waals surface area (Å²) in [5.74, 6) is 1.47. The molecule has 5 rings (SSSR count). The number of likely N-dealkylation sites (tertiary alicyclic amines) is 1. The maximum Gasteiger partial charge on any atom is 0.244 e. The molecule has 3 heterocycles. The van der Waals surface area contributed by atoms with E-state index in [0.29, 0.717) is 35.9 Å². The minimum atomic E-state index is -0.0889. The van der Waals surface area contributed by atoms with Crippen LogP contribution in [0.15, 0.2) is 24.3 Å². The number of carbonyl (C=O) groups excluding carboxylic acids is 1. The van der Waals surface area contributed by atoms with Crippen LogP contribution in [-0.4, -0.2) is 46.5 Å². The molecule has 0 atom stereocenters. The zero-order chi connectivity index (χ0) is 21.9. The lowest BCUT2D eigenvalue weighted by atomic mass is 9.96. The molecule has 0 unspecified atom stereocenters. The van der Waals surface area contributed by atoms with Crippen LogP contribution in [0.5, 0.6) is 0 Å². The number of carbonyl (C=O) groups is 1. The number of hydrogen-bond donors (Lipinski definition) is 3. The van der Waals surface area contributed by atoms with Crippen LogP contribution in [0.2, 0.25) is 0 Å². The fraction of sp³-hybridized carbons (Fsp3) is 0.542. The number of rotatable bonds is 6. The van der Waals surface area contributed by atoms with E-state index in [0.717, 1.165) is 19.4 Å². The smallest absolute Gasteiger partial charge is 0.244 e. The van der Waals surface area contributed by atoms with Gasteiger partial charge in [-0.1, -0.05) is 43.5 Å². The van der Waals surface area contributed by atoms with Crippen LogP contribution in [0.1, 0.15) is 56.1 Å². The molecular weight excluding hydrogens is 402 g/mol. The molecule has 1 aliphatic carbocycles. The Balaban J connectivity index is 1.36. The minimum Gasteiger partial charge on any atom is -0.382 e. The monoisotopic (exact) mass is 435 g/mol. The molecule has 2 fully saturated rings. The van der Waals surface area contributed by atoms with Gasteiger partial charge in [0, 0.05) is 19.1 Å². The van der Waals surface area contributed by atoms with Crippen LogP contribution in [0.4, 0.5) is 23.3 Å². The molecule has 1 aromatic heterocycles. The maximum absolute atomic E-state index is 12.4. The average Bonchev–Trinajstić information content (AvgIpc) is 3.29. The summed E-state index contributed by atoms with van der Waals surface area (Å²) >= 11 is 0. The third-order valence-corrected chi connectivity index (χ3v) is 6.72. The van der Waals surface area contributed by atoms with Gasteiger partial charge >= 0.3 is 0 Å². The number of nitrogen functional groups attached to an aromatic ring is 1. The van der Waals surface area contributed by atoms with Crippen molar-refractivity contribution in [1.29, 1.82) is 0 Å². The molecule has 8 heteroatoms. The molecule has 1 amide bonds. The van der Waals surface area contributed by atoms with Crippen molar-refractivity contribution in [3.8, 4) is 0 Å². The molecule has 0 bridgehead atoms. The quantitative estimate of drug-likeness (QED) is 0.640. The molecular formula is C24H33N7O. The number of hydrogen-bond acceptors (Lipinski definition) is 7. The first kappa shape index (κ1) is 21.0. The molecule has 1 saturated heterocycles. The zero-order valence-electron chi connectivity index (χ0n) is 18.6. The van der Waals surface area contributed by atoms with Crippen molar-refractivity contribution >= 4 is 29.2 Å². The molecule has 2 aliphatic heterocycles. The summed E-state index contributed by atoms with van der Waals surface area (Å²) in [5.41, 5.74) is 9.24. The predicted molar refractivity (Wildman–Crippen MR) is 128 cm³/mol. The Morgan fingerprint density at radius 1 is 1.03 bits per heavy atom. The topological polar surface area (TPSA) is 99.4 Å². The summed E-state index contributed by atoms with van der Waals surface area (Å²) in [6, 6.07) is 9.04. The van der Waals surface area contributed by atoms with Crippen LogP contribution >= 0.6 is 0 Å². The highest BCUT2D eigenvalue weighted by atomic mass is 16.2. The second kappa shape index (κ2) is 9.32. The molecule has 0 radical (unpaired) electrons. The Bertz CT molecular complexity index is 967. The third kappa shape index (κ3) is 4.80. The van der Waals surface area contributed by atoms with E-state index < -0.39 is 0 Å². The van der Waals surface area contributed by atoms with E-state index in [2.05, 4.69) is 44.8 Å². The van der Waals surface area contributed by atoms with Crippen molar-refractivity contribution in [1.82, 2.24) is 14.9 Å². The second-order valence-electron chi connectivity index (χ2n) is 9.32. The number of aromatic nitrogens is 2. The van der Waals surface area contributed by atoms with Gasteiger partial charge in [0.2, 0.25) is 11.9 Å². The summed E-state index contributed by atoms with van der Waals surface area (Å²) in [5, 5.41) is 6.34. The van der Waals surface area contributed by atoms with E-state index in [1.54, 1.807) is 0 Å². The van der Waals surface area contributed by atoms with E-state index in [-0.39, 0.29) is 12.5 Å².